The molecule has 3 nitrogen and oxygen atoms in total. The van der Waals surface area contributed by atoms with Crippen LogP contribution in [0.4, 0.5) is 0 Å². The average molecular weight is 300 g/mol. The molecule has 2 atom stereocenters. The van der Waals surface area contributed by atoms with Crippen LogP contribution in [0.15, 0.2) is 30.3 Å². The molecule has 1 saturated carbocycles. The highest BCUT2D eigenvalue weighted by Crippen LogP contribution is 2.35. The summed E-state index contributed by atoms with van der Waals surface area (Å²) >= 11 is 0. The summed E-state index contributed by atoms with van der Waals surface area (Å²) in [7, 11) is 0. The van der Waals surface area contributed by atoms with Gasteiger partial charge in [-0.2, -0.15) is 0 Å². The molecule has 2 fully saturated rings. The Morgan fingerprint density at radius 3 is 2.50 bits per heavy atom. The molecule has 1 aliphatic carbocycles. The molecule has 1 aromatic carbocycles. The van der Waals surface area contributed by atoms with Crippen LogP contribution in [0, 0.1) is 11.8 Å². The van der Waals surface area contributed by atoms with Gasteiger partial charge in [-0.1, -0.05) is 37.3 Å². The molecule has 1 aliphatic heterocycles. The van der Waals surface area contributed by atoms with Gasteiger partial charge >= 0.3 is 0 Å². The van der Waals surface area contributed by atoms with E-state index in [0.29, 0.717) is 23.8 Å². The Morgan fingerprint density at radius 2 is 1.82 bits per heavy atom. The Balaban J connectivity index is 1.49. The van der Waals surface area contributed by atoms with Crippen LogP contribution in [0.25, 0.3) is 0 Å². The summed E-state index contributed by atoms with van der Waals surface area (Å²) in [6.07, 6.45) is 5.41. The maximum Gasteiger partial charge on any atom is 0.223 e. The lowest BCUT2D eigenvalue weighted by Gasteiger charge is -2.33. The van der Waals surface area contributed by atoms with Crippen molar-refractivity contribution >= 4 is 5.91 Å². The smallest absolute Gasteiger partial charge is 0.223 e. The predicted molar refractivity (Wildman–Crippen MR) is 89.7 cm³/mol. The number of carbonyl (C=O) groups is 1. The van der Waals surface area contributed by atoms with Crippen molar-refractivity contribution in [3.8, 4) is 0 Å². The first-order valence-corrected chi connectivity index (χ1v) is 8.80. The van der Waals surface area contributed by atoms with E-state index in [0.717, 1.165) is 45.2 Å². The largest absolute Gasteiger partial charge is 0.353 e. The first-order valence-electron chi connectivity index (χ1n) is 8.80. The predicted octanol–water partition coefficient (Wildman–Crippen LogP) is 3.07. The summed E-state index contributed by atoms with van der Waals surface area (Å²) < 4.78 is 0. The Bertz CT molecular complexity index is 479. The molecule has 1 heterocycles. The van der Waals surface area contributed by atoms with Crippen LogP contribution in [0.3, 0.4) is 0 Å². The quantitative estimate of drug-likeness (QED) is 0.901. The maximum atomic E-state index is 12.5. The van der Waals surface area contributed by atoms with Gasteiger partial charge in [0.25, 0.3) is 0 Å². The van der Waals surface area contributed by atoms with Crippen LogP contribution < -0.4 is 10.6 Å². The van der Waals surface area contributed by atoms with Crippen molar-refractivity contribution in [2.75, 3.05) is 13.1 Å². The number of hydrogen-bond acceptors (Lipinski definition) is 2. The lowest BCUT2D eigenvalue weighted by Crippen LogP contribution is -2.50. The molecule has 2 unspecified atom stereocenters. The van der Waals surface area contributed by atoms with Crippen molar-refractivity contribution in [3.63, 3.8) is 0 Å². The van der Waals surface area contributed by atoms with Gasteiger partial charge in [0.05, 0.1) is 0 Å². The molecule has 3 rings (SSSR count). The van der Waals surface area contributed by atoms with Crippen molar-refractivity contribution in [2.24, 2.45) is 11.8 Å². The Morgan fingerprint density at radius 1 is 1.09 bits per heavy atom. The minimum atomic E-state index is 0.224. The monoisotopic (exact) mass is 300 g/mol. The lowest BCUT2D eigenvalue weighted by molar-refractivity contribution is -0.127. The highest BCUT2D eigenvalue weighted by atomic mass is 16.1. The number of hydrogen-bond donors (Lipinski definition) is 2. The number of benzene rings is 1. The minimum absolute atomic E-state index is 0.224. The van der Waals surface area contributed by atoms with Gasteiger partial charge < -0.3 is 10.6 Å². The molecular formula is C19H28N2O. The van der Waals surface area contributed by atoms with E-state index in [1.165, 1.54) is 5.56 Å². The third kappa shape index (κ3) is 3.70. The normalized spacial score (nSPS) is 32.4. The van der Waals surface area contributed by atoms with E-state index in [9.17, 15) is 4.79 Å². The molecule has 22 heavy (non-hydrogen) atoms. The van der Waals surface area contributed by atoms with Crippen LogP contribution in [0.1, 0.15) is 50.5 Å². The number of amides is 1. The van der Waals surface area contributed by atoms with E-state index >= 15 is 0 Å². The number of piperidine rings is 1. The van der Waals surface area contributed by atoms with Crippen LogP contribution >= 0.6 is 0 Å². The number of carbonyl (C=O) groups excluding carboxylic acids is 1. The Kier molecular flexibility index (Phi) is 5.14. The Hall–Kier alpha value is -1.35. The number of nitrogens with one attached hydrogen (secondary N) is 2. The second-order valence-electron chi connectivity index (χ2n) is 7.04. The fourth-order valence-corrected chi connectivity index (χ4v) is 3.94. The second-order valence-corrected chi connectivity index (χ2v) is 7.04. The van der Waals surface area contributed by atoms with E-state index in [1.807, 2.05) is 0 Å². The van der Waals surface area contributed by atoms with Crippen LogP contribution in [-0.2, 0) is 4.79 Å². The van der Waals surface area contributed by atoms with Crippen molar-refractivity contribution in [3.05, 3.63) is 35.9 Å². The van der Waals surface area contributed by atoms with Gasteiger partial charge in [0.15, 0.2) is 0 Å². The summed E-state index contributed by atoms with van der Waals surface area (Å²) in [6.45, 7) is 4.27. The summed E-state index contributed by atoms with van der Waals surface area (Å²) in [5.74, 6) is 1.70. The van der Waals surface area contributed by atoms with Gasteiger partial charge in [-0.15, -0.1) is 0 Å². The van der Waals surface area contributed by atoms with Crippen LogP contribution in [0.5, 0.6) is 0 Å². The van der Waals surface area contributed by atoms with Gasteiger partial charge in [0.1, 0.15) is 0 Å². The molecule has 0 aromatic heterocycles. The van der Waals surface area contributed by atoms with Gasteiger partial charge in [-0.25, -0.2) is 0 Å². The summed E-state index contributed by atoms with van der Waals surface area (Å²) in [5, 5.41) is 6.70. The topological polar surface area (TPSA) is 41.1 Å². The SMILES string of the molecule is CC1CNCCC1NC(=O)C1CCC(c2ccccc2)CC1. The highest BCUT2D eigenvalue weighted by Gasteiger charge is 2.30. The molecule has 2 N–H and O–H groups in total. The van der Waals surface area contributed by atoms with Crippen molar-refractivity contribution < 1.29 is 4.79 Å². The molecule has 0 spiro atoms. The minimum Gasteiger partial charge on any atom is -0.353 e. The lowest BCUT2D eigenvalue weighted by atomic mass is 9.78. The van der Waals surface area contributed by atoms with E-state index in [2.05, 4.69) is 47.9 Å². The van der Waals surface area contributed by atoms with Crippen molar-refractivity contribution in [2.45, 2.75) is 51.0 Å². The van der Waals surface area contributed by atoms with Crippen molar-refractivity contribution in [1.29, 1.82) is 0 Å². The van der Waals surface area contributed by atoms with Crippen LogP contribution in [-0.4, -0.2) is 25.0 Å². The van der Waals surface area contributed by atoms with E-state index in [-0.39, 0.29) is 5.92 Å². The molecule has 1 aromatic rings. The molecule has 2 aliphatic rings. The van der Waals surface area contributed by atoms with E-state index in [1.54, 1.807) is 0 Å². The van der Waals surface area contributed by atoms with E-state index < -0.39 is 0 Å². The van der Waals surface area contributed by atoms with E-state index in [4.69, 9.17) is 0 Å². The molecule has 1 saturated heterocycles. The molecule has 1 amide bonds. The standard InChI is InChI=1S/C19H28N2O/c1-14-13-20-12-11-18(14)21-19(22)17-9-7-16(8-10-17)15-5-3-2-4-6-15/h2-6,14,16-18,20H,7-13H2,1H3,(H,21,22). The van der Waals surface area contributed by atoms with Gasteiger partial charge in [0, 0.05) is 12.0 Å². The van der Waals surface area contributed by atoms with Crippen LogP contribution in [0.2, 0.25) is 0 Å². The highest BCUT2D eigenvalue weighted by molar-refractivity contribution is 5.79. The third-order valence-electron chi connectivity index (χ3n) is 5.48. The molecular weight excluding hydrogens is 272 g/mol. The first-order chi connectivity index (χ1) is 10.7. The van der Waals surface area contributed by atoms with Gasteiger partial charge in [-0.05, 0) is 62.6 Å². The Labute approximate surface area is 133 Å². The molecule has 120 valence electrons. The molecule has 0 bridgehead atoms. The average Bonchev–Trinajstić information content (AvgIpc) is 2.58. The summed E-state index contributed by atoms with van der Waals surface area (Å²) in [5.41, 5.74) is 1.44. The van der Waals surface area contributed by atoms with Gasteiger partial charge in [0.2, 0.25) is 5.91 Å². The van der Waals surface area contributed by atoms with Crippen molar-refractivity contribution in [1.82, 2.24) is 10.6 Å². The number of rotatable bonds is 3. The fraction of sp³-hybridized carbons (Fsp3) is 0.632. The summed E-state index contributed by atoms with van der Waals surface area (Å²) in [4.78, 5) is 12.5. The zero-order chi connectivity index (χ0) is 15.4. The summed E-state index contributed by atoms with van der Waals surface area (Å²) in [6, 6.07) is 11.1. The maximum absolute atomic E-state index is 12.5. The second kappa shape index (κ2) is 7.28. The zero-order valence-electron chi connectivity index (χ0n) is 13.6. The zero-order valence-corrected chi connectivity index (χ0v) is 13.6. The van der Waals surface area contributed by atoms with Gasteiger partial charge in [-0.3, -0.25) is 4.79 Å². The molecule has 3 heteroatoms. The third-order valence-corrected chi connectivity index (χ3v) is 5.48. The molecule has 0 radical (unpaired) electrons. The fourth-order valence-electron chi connectivity index (χ4n) is 3.94. The first kappa shape index (κ1) is 15.5.